The third kappa shape index (κ3) is 5.18. The van der Waals surface area contributed by atoms with E-state index in [0.717, 1.165) is 5.56 Å². The van der Waals surface area contributed by atoms with Crippen LogP contribution in [0.5, 0.6) is 5.75 Å². The quantitative estimate of drug-likeness (QED) is 0.404. The van der Waals surface area contributed by atoms with Crippen LogP contribution in [0.25, 0.3) is 0 Å². The van der Waals surface area contributed by atoms with E-state index in [-0.39, 0.29) is 18.3 Å². The second-order valence-electron chi connectivity index (χ2n) is 6.59. The lowest BCUT2D eigenvalue weighted by molar-refractivity contribution is -0.342. The maximum Gasteiger partial charge on any atom is 0.450 e. The Balaban J connectivity index is 2.34. The van der Waals surface area contributed by atoms with Crippen LogP contribution in [-0.4, -0.2) is 71.2 Å². The van der Waals surface area contributed by atoms with Crippen LogP contribution < -0.4 is 10.1 Å². The van der Waals surface area contributed by atoms with E-state index < -0.39 is 36.2 Å². The molecule has 10 nitrogen and oxygen atoms in total. The van der Waals surface area contributed by atoms with Gasteiger partial charge < -0.3 is 39.6 Å². The number of cyclic esters (lactones) is 2. The first-order chi connectivity index (χ1) is 13.2. The van der Waals surface area contributed by atoms with Crippen LogP contribution in [-0.2, 0) is 30.4 Å². The molecule has 28 heavy (non-hydrogen) atoms. The fourth-order valence-electron chi connectivity index (χ4n) is 2.38. The number of hydrogen-bond acceptors (Lipinski definition) is 10. The minimum absolute atomic E-state index is 0.0478. The van der Waals surface area contributed by atoms with Gasteiger partial charge >= 0.3 is 17.9 Å². The zero-order chi connectivity index (χ0) is 20.9. The SMILES string of the molecule is COCc1ccc(OC2(C(O)CNC(C)C)OC(=O)C(O)C(O)C(=O)O2)cc1. The number of aliphatic hydroxyl groups excluding tert-OH is 3. The summed E-state index contributed by atoms with van der Waals surface area (Å²) in [7, 11) is 1.54. The molecule has 10 heteroatoms. The highest BCUT2D eigenvalue weighted by Gasteiger charge is 2.55. The molecule has 0 saturated carbocycles. The molecule has 0 aromatic heterocycles. The average molecular weight is 399 g/mol. The Kier molecular flexibility index (Phi) is 7.33. The monoisotopic (exact) mass is 399 g/mol. The van der Waals surface area contributed by atoms with Crippen LogP contribution in [0.4, 0.5) is 0 Å². The maximum atomic E-state index is 12.1. The van der Waals surface area contributed by atoms with Gasteiger partial charge in [0.15, 0.2) is 18.3 Å². The first-order valence-corrected chi connectivity index (χ1v) is 8.68. The lowest BCUT2D eigenvalue weighted by Crippen LogP contribution is -2.57. The minimum atomic E-state index is -2.60. The van der Waals surface area contributed by atoms with Gasteiger partial charge in [0.1, 0.15) is 5.75 Å². The van der Waals surface area contributed by atoms with Crippen molar-refractivity contribution >= 4 is 11.9 Å². The topological polar surface area (TPSA) is 144 Å². The molecule has 0 spiro atoms. The fourth-order valence-corrected chi connectivity index (χ4v) is 2.38. The molecule has 1 aliphatic rings. The Bertz CT molecular complexity index is 654. The number of methoxy groups -OCH3 is 1. The normalized spacial score (nSPS) is 26.4. The first kappa shape index (κ1) is 22.1. The predicted molar refractivity (Wildman–Crippen MR) is 93.9 cm³/mol. The number of ether oxygens (including phenoxy) is 4. The Morgan fingerprint density at radius 3 is 2.11 bits per heavy atom. The zero-order valence-electron chi connectivity index (χ0n) is 15.8. The van der Waals surface area contributed by atoms with E-state index in [9.17, 15) is 24.9 Å². The molecule has 0 radical (unpaired) electrons. The highest BCUT2D eigenvalue weighted by Crippen LogP contribution is 2.29. The summed E-state index contributed by atoms with van der Waals surface area (Å²) in [5.41, 5.74) is 0.826. The summed E-state index contributed by atoms with van der Waals surface area (Å²) in [5, 5.41) is 32.9. The van der Waals surface area contributed by atoms with Crippen molar-refractivity contribution in [1.29, 1.82) is 0 Å². The van der Waals surface area contributed by atoms with Gasteiger partial charge in [-0.05, 0) is 17.7 Å². The Hall–Kier alpha value is -2.24. The van der Waals surface area contributed by atoms with Crippen molar-refractivity contribution in [3.05, 3.63) is 29.8 Å². The van der Waals surface area contributed by atoms with Gasteiger partial charge in [0, 0.05) is 19.7 Å². The molecule has 1 fully saturated rings. The summed E-state index contributed by atoms with van der Waals surface area (Å²) >= 11 is 0. The number of carbonyl (C=O) groups is 2. The summed E-state index contributed by atoms with van der Waals surface area (Å²) in [4.78, 5) is 24.1. The second-order valence-corrected chi connectivity index (χ2v) is 6.59. The molecule has 3 atom stereocenters. The van der Waals surface area contributed by atoms with E-state index >= 15 is 0 Å². The van der Waals surface area contributed by atoms with E-state index in [1.165, 1.54) is 12.1 Å². The number of carbonyl (C=O) groups excluding carboxylic acids is 2. The van der Waals surface area contributed by atoms with Gasteiger partial charge in [-0.25, -0.2) is 9.59 Å². The van der Waals surface area contributed by atoms with Crippen LogP contribution in [0.1, 0.15) is 19.4 Å². The fraction of sp³-hybridized carbons (Fsp3) is 0.556. The first-order valence-electron chi connectivity index (χ1n) is 8.68. The molecule has 0 amide bonds. The van der Waals surface area contributed by atoms with Crippen molar-refractivity contribution in [3.63, 3.8) is 0 Å². The van der Waals surface area contributed by atoms with Crippen molar-refractivity contribution in [2.45, 2.75) is 50.8 Å². The molecule has 1 aromatic rings. The van der Waals surface area contributed by atoms with Gasteiger partial charge in [-0.2, -0.15) is 0 Å². The number of aliphatic hydroxyl groups is 3. The number of nitrogens with one attached hydrogen (secondary N) is 1. The molecular formula is C18H25NO9. The molecular weight excluding hydrogens is 374 g/mol. The van der Waals surface area contributed by atoms with Gasteiger partial charge in [-0.3, -0.25) is 0 Å². The van der Waals surface area contributed by atoms with Gasteiger partial charge in [0.25, 0.3) is 0 Å². The van der Waals surface area contributed by atoms with Gasteiger partial charge in [-0.15, -0.1) is 0 Å². The molecule has 156 valence electrons. The van der Waals surface area contributed by atoms with Gasteiger partial charge in [0.2, 0.25) is 0 Å². The molecule has 1 heterocycles. The molecule has 0 bridgehead atoms. The lowest BCUT2D eigenvalue weighted by atomic mass is 10.2. The molecule has 3 unspecified atom stereocenters. The summed E-state index contributed by atoms with van der Waals surface area (Å²) in [5.74, 6) is -5.25. The van der Waals surface area contributed by atoms with Gasteiger partial charge in [-0.1, -0.05) is 26.0 Å². The summed E-state index contributed by atoms with van der Waals surface area (Å²) < 4.78 is 20.6. The number of benzene rings is 1. The highest BCUT2D eigenvalue weighted by molar-refractivity contribution is 5.87. The third-order valence-corrected chi connectivity index (χ3v) is 3.89. The zero-order valence-corrected chi connectivity index (χ0v) is 15.8. The van der Waals surface area contributed by atoms with Crippen molar-refractivity contribution in [2.24, 2.45) is 0 Å². The van der Waals surface area contributed by atoms with Crippen molar-refractivity contribution in [3.8, 4) is 5.75 Å². The van der Waals surface area contributed by atoms with Crippen LogP contribution >= 0.6 is 0 Å². The van der Waals surface area contributed by atoms with E-state index in [0.29, 0.717) is 6.61 Å². The Labute approximate surface area is 162 Å². The van der Waals surface area contributed by atoms with Crippen LogP contribution in [0.15, 0.2) is 24.3 Å². The molecule has 1 aromatic carbocycles. The van der Waals surface area contributed by atoms with E-state index in [1.54, 1.807) is 19.2 Å². The van der Waals surface area contributed by atoms with Crippen LogP contribution in [0, 0.1) is 0 Å². The molecule has 0 aliphatic carbocycles. The Morgan fingerprint density at radius 1 is 1.11 bits per heavy atom. The minimum Gasteiger partial charge on any atom is -0.418 e. The summed E-state index contributed by atoms with van der Waals surface area (Å²) in [6.45, 7) is 3.81. The molecule has 4 N–H and O–H groups in total. The lowest BCUT2D eigenvalue weighted by Gasteiger charge is -2.34. The van der Waals surface area contributed by atoms with Crippen molar-refractivity contribution < 1.29 is 43.9 Å². The van der Waals surface area contributed by atoms with Crippen molar-refractivity contribution in [2.75, 3.05) is 13.7 Å². The standard InChI is InChI=1S/C18H25NO9/c1-10(2)19-8-13(20)18(26-12-6-4-11(5-7-12)9-25-3)27-16(23)14(21)15(22)17(24)28-18/h4-7,10,13-15,19-22H,8-9H2,1-3H3. The summed E-state index contributed by atoms with van der Waals surface area (Å²) in [6.07, 6.45) is -6.02. The molecule has 1 aliphatic heterocycles. The molecule has 2 rings (SSSR count). The Morgan fingerprint density at radius 2 is 1.64 bits per heavy atom. The largest absolute Gasteiger partial charge is 0.450 e. The van der Waals surface area contributed by atoms with E-state index in [1.807, 2.05) is 13.8 Å². The van der Waals surface area contributed by atoms with Crippen LogP contribution in [0.3, 0.4) is 0 Å². The van der Waals surface area contributed by atoms with Gasteiger partial charge in [0.05, 0.1) is 6.61 Å². The predicted octanol–water partition coefficient (Wildman–Crippen LogP) is -0.954. The second kappa shape index (κ2) is 9.30. The highest BCUT2D eigenvalue weighted by atomic mass is 16.9. The molecule has 1 saturated heterocycles. The van der Waals surface area contributed by atoms with E-state index in [2.05, 4.69) is 5.32 Å². The number of esters is 2. The maximum absolute atomic E-state index is 12.1. The summed E-state index contributed by atoms with van der Waals surface area (Å²) in [6, 6.07) is 6.27. The average Bonchev–Trinajstić information content (AvgIpc) is 2.73. The third-order valence-electron chi connectivity index (χ3n) is 3.89. The number of rotatable bonds is 8. The smallest absolute Gasteiger partial charge is 0.418 e. The number of hydrogen-bond donors (Lipinski definition) is 4. The van der Waals surface area contributed by atoms with Crippen LogP contribution in [0.2, 0.25) is 0 Å². The van der Waals surface area contributed by atoms with Crippen molar-refractivity contribution in [1.82, 2.24) is 5.32 Å². The van der Waals surface area contributed by atoms with E-state index in [4.69, 9.17) is 18.9 Å².